The van der Waals surface area contributed by atoms with Gasteiger partial charge < -0.3 is 14.6 Å². The van der Waals surface area contributed by atoms with Gasteiger partial charge in [-0.1, -0.05) is 36.8 Å². The monoisotopic (exact) mass is 558 g/mol. The lowest BCUT2D eigenvalue weighted by molar-refractivity contribution is -0.140. The quantitative estimate of drug-likeness (QED) is 0.420. The number of methoxy groups -OCH3 is 2. The molecule has 1 N–H and O–H groups in total. The zero-order valence-corrected chi connectivity index (χ0v) is 23.6. The van der Waals surface area contributed by atoms with Gasteiger partial charge in [0.05, 0.1) is 43.1 Å². The molecule has 9 heteroatoms. The molecule has 0 aromatic heterocycles. The number of anilines is 1. The van der Waals surface area contributed by atoms with E-state index in [4.69, 9.17) is 9.47 Å². The average molecular weight is 559 g/mol. The van der Waals surface area contributed by atoms with E-state index in [1.165, 1.54) is 24.0 Å². The van der Waals surface area contributed by atoms with Gasteiger partial charge in [-0.3, -0.25) is 24.1 Å². The molecule has 6 atom stereocenters. The predicted octanol–water partition coefficient (Wildman–Crippen LogP) is 4.05. The number of phenolic OH excluding ortho intramolecular Hbond substituents is 1. The molecular formula is C32H34N2O7. The maximum Gasteiger partial charge on any atom is 0.241 e. The highest BCUT2D eigenvalue weighted by molar-refractivity contribution is 6.24. The largest absolute Gasteiger partial charge is 0.502 e. The van der Waals surface area contributed by atoms with Crippen LogP contribution in [-0.4, -0.2) is 54.4 Å². The second-order valence-electron chi connectivity index (χ2n) is 11.6. The number of carbonyl (C=O) groups is 4. The van der Waals surface area contributed by atoms with Gasteiger partial charge in [-0.05, 0) is 61.9 Å². The van der Waals surface area contributed by atoms with Crippen molar-refractivity contribution in [2.45, 2.75) is 39.0 Å². The number of aromatic hydroxyl groups is 1. The highest BCUT2D eigenvalue weighted by Gasteiger charge is 2.67. The zero-order chi connectivity index (χ0) is 29.2. The maximum atomic E-state index is 14.4. The maximum absolute atomic E-state index is 14.4. The van der Waals surface area contributed by atoms with Crippen molar-refractivity contribution in [1.29, 1.82) is 0 Å². The first-order valence-electron chi connectivity index (χ1n) is 14.1. The molecular weight excluding hydrogens is 524 g/mol. The Balaban J connectivity index is 1.55. The van der Waals surface area contributed by atoms with Crippen LogP contribution in [-0.2, 0) is 19.2 Å². The molecule has 41 heavy (non-hydrogen) atoms. The number of allylic oxidation sites excluding steroid dienone is 2. The van der Waals surface area contributed by atoms with Gasteiger partial charge >= 0.3 is 0 Å². The number of rotatable bonds is 6. The lowest BCUT2D eigenvalue weighted by atomic mass is 9.51. The van der Waals surface area contributed by atoms with Gasteiger partial charge in [-0.2, -0.15) is 0 Å². The number of hydrogen-bond donors (Lipinski definition) is 1. The molecule has 214 valence electrons. The van der Waals surface area contributed by atoms with Crippen LogP contribution in [0.2, 0.25) is 0 Å². The van der Waals surface area contributed by atoms with Crippen molar-refractivity contribution in [3.8, 4) is 17.2 Å². The van der Waals surface area contributed by atoms with Crippen LogP contribution in [0.25, 0.3) is 0 Å². The Morgan fingerprint density at radius 1 is 0.951 bits per heavy atom. The van der Waals surface area contributed by atoms with E-state index in [0.29, 0.717) is 37.1 Å². The van der Waals surface area contributed by atoms with Gasteiger partial charge in [0.1, 0.15) is 0 Å². The topological polar surface area (TPSA) is 113 Å². The van der Waals surface area contributed by atoms with Crippen LogP contribution in [0, 0.1) is 29.1 Å². The summed E-state index contributed by atoms with van der Waals surface area (Å²) in [5, 5.41) is 10.7. The van der Waals surface area contributed by atoms with E-state index in [-0.39, 0.29) is 40.9 Å². The Hall–Kier alpha value is -4.14. The Morgan fingerprint density at radius 3 is 2.22 bits per heavy atom. The molecule has 0 unspecified atom stereocenters. The Bertz CT molecular complexity index is 1460. The minimum absolute atomic E-state index is 0.158. The molecule has 2 aromatic carbocycles. The van der Waals surface area contributed by atoms with Crippen LogP contribution >= 0.6 is 0 Å². The standard InChI is InChI=1S/C32H34N2O7/c1-5-13-33-28(36)20-12-11-19-21(25(20)30(33)38)16-22-29(37)34(18-9-7-6-8-10-18)31(39)32(22,2)26(19)17-14-23(40-3)27(35)24(15-17)41-4/h6-11,14-15,20-22,25-26,35H,5,12-13,16H2,1-4H3/t20-,21+,22-,25-,26-,32+/m0/s1. The molecule has 2 aromatic rings. The first-order chi connectivity index (χ1) is 19.7. The summed E-state index contributed by atoms with van der Waals surface area (Å²) in [6.07, 6.45) is 3.35. The van der Waals surface area contributed by atoms with Crippen molar-refractivity contribution in [1.82, 2.24) is 4.90 Å². The van der Waals surface area contributed by atoms with Gasteiger partial charge in [-0.15, -0.1) is 0 Å². The number of para-hydroxylation sites is 1. The number of phenols is 1. The van der Waals surface area contributed by atoms with Crippen LogP contribution in [0.3, 0.4) is 0 Å². The molecule has 6 rings (SSSR count). The van der Waals surface area contributed by atoms with E-state index >= 15 is 0 Å². The lowest BCUT2D eigenvalue weighted by Crippen LogP contribution is -2.48. The van der Waals surface area contributed by atoms with Crippen LogP contribution in [0.1, 0.15) is 44.6 Å². The second kappa shape index (κ2) is 9.75. The number of likely N-dealkylation sites (tertiary alicyclic amines) is 1. The SMILES string of the molecule is CCCN1C(=O)[C@H]2[C@H](CC=C3[C@H]2C[C@H]2C(=O)N(c4ccccc4)C(=O)[C@@]2(C)[C@H]3c2cc(OC)c(O)c(OC)c2)C1=O. The summed E-state index contributed by atoms with van der Waals surface area (Å²) in [5.74, 6) is -3.61. The first-order valence-corrected chi connectivity index (χ1v) is 14.1. The van der Waals surface area contributed by atoms with E-state index in [2.05, 4.69) is 0 Å². The fraction of sp³-hybridized carbons (Fsp3) is 0.438. The van der Waals surface area contributed by atoms with Crippen molar-refractivity contribution in [3.63, 3.8) is 0 Å². The zero-order valence-electron chi connectivity index (χ0n) is 23.6. The van der Waals surface area contributed by atoms with E-state index < -0.39 is 35.0 Å². The van der Waals surface area contributed by atoms with E-state index in [0.717, 1.165) is 5.57 Å². The first kappa shape index (κ1) is 27.1. The van der Waals surface area contributed by atoms with Crippen LogP contribution in [0.5, 0.6) is 17.2 Å². The number of imide groups is 2. The molecule has 0 radical (unpaired) electrons. The molecule has 0 spiro atoms. The normalized spacial score (nSPS) is 30.6. The molecule has 3 fully saturated rings. The Morgan fingerprint density at radius 2 is 1.61 bits per heavy atom. The van der Waals surface area contributed by atoms with Crippen LogP contribution < -0.4 is 14.4 Å². The summed E-state index contributed by atoms with van der Waals surface area (Å²) < 4.78 is 10.9. The third kappa shape index (κ3) is 3.67. The van der Waals surface area contributed by atoms with Crippen molar-refractivity contribution < 1.29 is 33.8 Å². The van der Waals surface area contributed by atoms with Crippen molar-refractivity contribution >= 4 is 29.3 Å². The molecule has 9 nitrogen and oxygen atoms in total. The number of benzene rings is 2. The fourth-order valence-corrected chi connectivity index (χ4v) is 7.81. The van der Waals surface area contributed by atoms with Gasteiger partial charge in [0, 0.05) is 12.5 Å². The number of amides is 4. The number of nitrogens with zero attached hydrogens (tertiary/aromatic N) is 2. The molecule has 4 aliphatic rings. The molecule has 2 aliphatic carbocycles. The van der Waals surface area contributed by atoms with Crippen LogP contribution in [0.4, 0.5) is 5.69 Å². The average Bonchev–Trinajstić information content (AvgIpc) is 3.33. The van der Waals surface area contributed by atoms with Gasteiger partial charge in [0.15, 0.2) is 11.5 Å². The Kier molecular flexibility index (Phi) is 6.43. The summed E-state index contributed by atoms with van der Waals surface area (Å²) in [5.41, 5.74) is 0.810. The minimum Gasteiger partial charge on any atom is -0.502 e. The molecule has 2 heterocycles. The van der Waals surface area contributed by atoms with E-state index in [9.17, 15) is 24.3 Å². The van der Waals surface area contributed by atoms with Crippen molar-refractivity contribution in [2.75, 3.05) is 25.7 Å². The summed E-state index contributed by atoms with van der Waals surface area (Å²) in [6, 6.07) is 12.2. The van der Waals surface area contributed by atoms with Gasteiger partial charge in [-0.25, -0.2) is 4.90 Å². The third-order valence-electron chi connectivity index (χ3n) is 9.66. The van der Waals surface area contributed by atoms with Crippen LogP contribution in [0.15, 0.2) is 54.1 Å². The molecule has 2 aliphatic heterocycles. The number of ether oxygens (including phenoxy) is 2. The molecule has 1 saturated carbocycles. The summed E-state index contributed by atoms with van der Waals surface area (Å²) in [7, 11) is 2.87. The molecule has 2 saturated heterocycles. The van der Waals surface area contributed by atoms with Crippen molar-refractivity contribution in [3.05, 3.63) is 59.7 Å². The Labute approximate surface area is 238 Å². The van der Waals surface area contributed by atoms with Crippen molar-refractivity contribution in [2.24, 2.45) is 29.1 Å². The highest BCUT2D eigenvalue weighted by Crippen LogP contribution is 2.64. The van der Waals surface area contributed by atoms with E-state index in [1.54, 1.807) is 36.4 Å². The summed E-state index contributed by atoms with van der Waals surface area (Å²) in [4.78, 5) is 58.2. The predicted molar refractivity (Wildman–Crippen MR) is 149 cm³/mol. The fourth-order valence-electron chi connectivity index (χ4n) is 7.81. The number of fused-ring (bicyclic) bond motifs is 4. The molecule has 0 bridgehead atoms. The summed E-state index contributed by atoms with van der Waals surface area (Å²) >= 11 is 0. The molecule has 4 amide bonds. The second-order valence-corrected chi connectivity index (χ2v) is 11.6. The lowest BCUT2D eigenvalue weighted by Gasteiger charge is -2.49. The van der Waals surface area contributed by atoms with Gasteiger partial charge in [0.2, 0.25) is 29.4 Å². The smallest absolute Gasteiger partial charge is 0.241 e. The number of hydrogen-bond acceptors (Lipinski definition) is 7. The van der Waals surface area contributed by atoms with E-state index in [1.807, 2.05) is 26.0 Å². The minimum atomic E-state index is -1.19. The highest BCUT2D eigenvalue weighted by atomic mass is 16.5. The van der Waals surface area contributed by atoms with Gasteiger partial charge in [0.25, 0.3) is 0 Å². The number of carbonyl (C=O) groups excluding carboxylic acids is 4. The summed E-state index contributed by atoms with van der Waals surface area (Å²) in [6.45, 7) is 4.12. The third-order valence-corrected chi connectivity index (χ3v) is 9.66.